The van der Waals surface area contributed by atoms with Gasteiger partial charge in [-0.1, -0.05) is 12.1 Å². The Labute approximate surface area is 176 Å². The van der Waals surface area contributed by atoms with Gasteiger partial charge in [-0.15, -0.1) is 0 Å². The number of methoxy groups -OCH3 is 1. The number of anilines is 1. The Morgan fingerprint density at radius 3 is 2.40 bits per heavy atom. The standard InChI is InChI=1S/C19H16N2O7S2/c1-11(22)20-13-6-8-14(9-7-13)30(25,26)28-17-12(4-3-5-15(17)27-2)10-16-18(23)21-19(24)29-16/h3-10H,1-2H3,(H,20,22)(H,21,23,24)/b16-10-. The molecule has 0 radical (unpaired) electrons. The summed E-state index contributed by atoms with van der Waals surface area (Å²) in [6, 6.07) is 10.0. The van der Waals surface area contributed by atoms with Crippen LogP contribution in [0.1, 0.15) is 12.5 Å². The Morgan fingerprint density at radius 2 is 1.83 bits per heavy atom. The van der Waals surface area contributed by atoms with E-state index in [0.29, 0.717) is 17.4 Å². The zero-order valence-corrected chi connectivity index (χ0v) is 17.4. The highest BCUT2D eigenvalue weighted by Gasteiger charge is 2.27. The van der Waals surface area contributed by atoms with Gasteiger partial charge in [-0.2, -0.15) is 8.42 Å². The van der Waals surface area contributed by atoms with Crippen LogP contribution < -0.4 is 19.6 Å². The molecule has 0 unspecified atom stereocenters. The summed E-state index contributed by atoms with van der Waals surface area (Å²) >= 11 is 0.693. The summed E-state index contributed by atoms with van der Waals surface area (Å²) in [5, 5.41) is 4.14. The maximum atomic E-state index is 12.8. The normalized spacial score (nSPS) is 15.1. The number of thioether (sulfide) groups is 1. The van der Waals surface area contributed by atoms with Crippen molar-refractivity contribution in [3.05, 3.63) is 52.9 Å². The smallest absolute Gasteiger partial charge is 0.339 e. The van der Waals surface area contributed by atoms with Crippen LogP contribution in [0.15, 0.2) is 52.3 Å². The van der Waals surface area contributed by atoms with E-state index >= 15 is 0 Å². The van der Waals surface area contributed by atoms with Gasteiger partial charge in [-0.25, -0.2) is 0 Å². The van der Waals surface area contributed by atoms with Gasteiger partial charge in [-0.3, -0.25) is 19.7 Å². The molecule has 2 aromatic rings. The van der Waals surface area contributed by atoms with Gasteiger partial charge in [0.1, 0.15) is 4.90 Å². The van der Waals surface area contributed by atoms with E-state index in [1.165, 1.54) is 56.5 Å². The van der Waals surface area contributed by atoms with E-state index in [0.717, 1.165) is 0 Å². The summed E-state index contributed by atoms with van der Waals surface area (Å²) in [6.07, 6.45) is 1.35. The molecule has 1 heterocycles. The van der Waals surface area contributed by atoms with Gasteiger partial charge in [0.05, 0.1) is 12.0 Å². The molecule has 0 spiro atoms. The lowest BCUT2D eigenvalue weighted by atomic mass is 10.1. The molecular weight excluding hydrogens is 432 g/mol. The zero-order chi connectivity index (χ0) is 21.9. The van der Waals surface area contributed by atoms with Crippen molar-refractivity contribution in [3.63, 3.8) is 0 Å². The third-order valence-corrected chi connectivity index (χ3v) is 5.86. The monoisotopic (exact) mass is 448 g/mol. The molecule has 30 heavy (non-hydrogen) atoms. The number of carbonyl (C=O) groups excluding carboxylic acids is 3. The highest BCUT2D eigenvalue weighted by molar-refractivity contribution is 8.18. The first kappa shape index (κ1) is 21.4. The molecule has 2 aromatic carbocycles. The van der Waals surface area contributed by atoms with E-state index < -0.39 is 21.3 Å². The lowest BCUT2D eigenvalue weighted by Gasteiger charge is -2.14. The van der Waals surface area contributed by atoms with Crippen molar-refractivity contribution in [3.8, 4) is 11.5 Å². The number of benzene rings is 2. The Bertz CT molecular complexity index is 1160. The van der Waals surface area contributed by atoms with Crippen molar-refractivity contribution < 1.29 is 31.7 Å². The van der Waals surface area contributed by atoms with Crippen LogP contribution in [-0.4, -0.2) is 32.6 Å². The molecule has 3 rings (SSSR count). The van der Waals surface area contributed by atoms with Gasteiger partial charge in [-0.05, 0) is 48.2 Å². The molecule has 0 aliphatic carbocycles. The number of amides is 3. The first-order chi connectivity index (χ1) is 14.2. The van der Waals surface area contributed by atoms with Gasteiger partial charge in [0.25, 0.3) is 11.1 Å². The molecule has 0 aromatic heterocycles. The third-order valence-electron chi connectivity index (χ3n) is 3.81. The molecule has 1 aliphatic heterocycles. The van der Waals surface area contributed by atoms with Crippen LogP contribution in [0.2, 0.25) is 0 Å². The minimum absolute atomic E-state index is 0.0927. The second-order valence-electron chi connectivity index (χ2n) is 5.97. The number of hydrogen-bond donors (Lipinski definition) is 2. The van der Waals surface area contributed by atoms with Crippen LogP contribution in [0.5, 0.6) is 11.5 Å². The first-order valence-corrected chi connectivity index (χ1v) is 10.7. The number of ether oxygens (including phenoxy) is 1. The summed E-state index contributed by atoms with van der Waals surface area (Å²) in [6.45, 7) is 1.34. The van der Waals surface area contributed by atoms with Crippen LogP contribution in [0.4, 0.5) is 10.5 Å². The van der Waals surface area contributed by atoms with E-state index in [2.05, 4.69) is 10.6 Å². The topological polar surface area (TPSA) is 128 Å². The second-order valence-corrected chi connectivity index (χ2v) is 8.53. The fourth-order valence-corrected chi connectivity index (χ4v) is 4.16. The van der Waals surface area contributed by atoms with Gasteiger partial charge in [0.15, 0.2) is 11.5 Å². The average molecular weight is 448 g/mol. The number of carbonyl (C=O) groups is 3. The summed E-state index contributed by atoms with van der Waals surface area (Å²) in [7, 11) is -2.93. The van der Waals surface area contributed by atoms with Crippen LogP contribution in [0.25, 0.3) is 6.08 Å². The molecule has 3 amide bonds. The highest BCUT2D eigenvalue weighted by atomic mass is 32.2. The van der Waals surface area contributed by atoms with E-state index in [4.69, 9.17) is 8.92 Å². The second kappa shape index (κ2) is 8.59. The number of hydrogen-bond acceptors (Lipinski definition) is 8. The first-order valence-electron chi connectivity index (χ1n) is 8.43. The van der Waals surface area contributed by atoms with Crippen LogP contribution >= 0.6 is 11.8 Å². The summed E-state index contributed by atoms with van der Waals surface area (Å²) in [4.78, 5) is 34.3. The molecule has 0 bridgehead atoms. The van der Waals surface area contributed by atoms with Crippen molar-refractivity contribution in [1.82, 2.24) is 5.32 Å². The van der Waals surface area contributed by atoms with Crippen molar-refractivity contribution >= 4 is 50.7 Å². The Kier molecular flexibility index (Phi) is 6.13. The Balaban J connectivity index is 1.97. The third kappa shape index (κ3) is 4.81. The molecule has 156 valence electrons. The minimum atomic E-state index is -4.27. The summed E-state index contributed by atoms with van der Waals surface area (Å²) < 4.78 is 36.1. The van der Waals surface area contributed by atoms with Gasteiger partial charge < -0.3 is 14.2 Å². The quantitative estimate of drug-likeness (QED) is 0.510. The molecule has 1 aliphatic rings. The van der Waals surface area contributed by atoms with Crippen molar-refractivity contribution in [2.24, 2.45) is 0 Å². The maximum absolute atomic E-state index is 12.8. The summed E-state index contributed by atoms with van der Waals surface area (Å²) in [5.41, 5.74) is 0.665. The fourth-order valence-electron chi connectivity index (χ4n) is 2.52. The number of rotatable bonds is 6. The minimum Gasteiger partial charge on any atom is -0.493 e. The average Bonchev–Trinajstić information content (AvgIpc) is 2.99. The van der Waals surface area contributed by atoms with E-state index in [-0.39, 0.29) is 32.8 Å². The molecule has 0 atom stereocenters. The molecular formula is C19H16N2O7S2. The Morgan fingerprint density at radius 1 is 1.13 bits per heavy atom. The van der Waals surface area contributed by atoms with Gasteiger partial charge in [0, 0.05) is 18.2 Å². The van der Waals surface area contributed by atoms with Crippen molar-refractivity contribution in [1.29, 1.82) is 0 Å². The molecule has 1 fully saturated rings. The Hall–Kier alpha value is -3.31. The predicted molar refractivity (Wildman–Crippen MR) is 111 cm³/mol. The lowest BCUT2D eigenvalue weighted by molar-refractivity contribution is -0.115. The van der Waals surface area contributed by atoms with Crippen LogP contribution in [-0.2, 0) is 19.7 Å². The highest BCUT2D eigenvalue weighted by Crippen LogP contribution is 2.37. The molecule has 2 N–H and O–H groups in total. The predicted octanol–water partition coefficient (Wildman–Crippen LogP) is 2.75. The van der Waals surface area contributed by atoms with Gasteiger partial charge in [0.2, 0.25) is 5.91 Å². The van der Waals surface area contributed by atoms with Gasteiger partial charge >= 0.3 is 10.1 Å². The van der Waals surface area contributed by atoms with Crippen LogP contribution in [0, 0.1) is 0 Å². The largest absolute Gasteiger partial charge is 0.493 e. The van der Waals surface area contributed by atoms with E-state index in [9.17, 15) is 22.8 Å². The molecule has 9 nitrogen and oxygen atoms in total. The van der Waals surface area contributed by atoms with Crippen LogP contribution in [0.3, 0.4) is 0 Å². The van der Waals surface area contributed by atoms with Crippen molar-refractivity contribution in [2.75, 3.05) is 12.4 Å². The lowest BCUT2D eigenvalue weighted by Crippen LogP contribution is -2.17. The number of nitrogens with one attached hydrogen (secondary N) is 2. The maximum Gasteiger partial charge on any atom is 0.339 e. The van der Waals surface area contributed by atoms with Crippen molar-refractivity contribution in [2.45, 2.75) is 11.8 Å². The molecule has 0 saturated carbocycles. The number of para-hydroxylation sites is 1. The molecule has 1 saturated heterocycles. The molecule has 11 heteroatoms. The SMILES string of the molecule is COc1cccc(/C=C2\SC(=O)NC2=O)c1OS(=O)(=O)c1ccc(NC(C)=O)cc1. The van der Waals surface area contributed by atoms with E-state index in [1.807, 2.05) is 0 Å². The fraction of sp³-hybridized carbons (Fsp3) is 0.105. The van der Waals surface area contributed by atoms with E-state index in [1.54, 1.807) is 6.07 Å². The summed E-state index contributed by atoms with van der Waals surface area (Å²) in [5.74, 6) is -0.889. The number of imide groups is 1. The zero-order valence-electron chi connectivity index (χ0n) is 15.8.